The van der Waals surface area contributed by atoms with Crippen molar-refractivity contribution in [2.45, 2.75) is 38.8 Å². The normalized spacial score (nSPS) is 18.3. The van der Waals surface area contributed by atoms with E-state index >= 15 is 0 Å². The Morgan fingerprint density at radius 3 is 2.68 bits per heavy atom. The molecule has 0 fully saturated rings. The number of rotatable bonds is 9. The molecular formula is C19H29NO7S. The molecule has 0 saturated carbocycles. The zero-order chi connectivity index (χ0) is 20.9. The van der Waals surface area contributed by atoms with Gasteiger partial charge in [-0.2, -0.15) is 4.31 Å². The van der Waals surface area contributed by atoms with Crippen molar-refractivity contribution in [1.82, 2.24) is 4.31 Å². The van der Waals surface area contributed by atoms with E-state index in [-0.39, 0.29) is 26.4 Å². The van der Waals surface area contributed by atoms with Gasteiger partial charge in [0.2, 0.25) is 10.0 Å². The molecule has 1 aromatic carbocycles. The van der Waals surface area contributed by atoms with Gasteiger partial charge in [0, 0.05) is 25.6 Å². The lowest BCUT2D eigenvalue weighted by Crippen LogP contribution is -2.44. The molecule has 1 unspecified atom stereocenters. The molecule has 1 aromatic rings. The van der Waals surface area contributed by atoms with Crippen molar-refractivity contribution in [3.63, 3.8) is 0 Å². The van der Waals surface area contributed by atoms with Crippen molar-refractivity contribution < 1.29 is 32.2 Å². The smallest absolute Gasteiger partial charge is 0.344 e. The fourth-order valence-electron chi connectivity index (χ4n) is 3.22. The Labute approximate surface area is 166 Å². The Morgan fingerprint density at radius 2 is 2.07 bits per heavy atom. The minimum atomic E-state index is -3.49. The van der Waals surface area contributed by atoms with Crippen LogP contribution in [-0.4, -0.2) is 64.0 Å². The standard InChI is InChI=1S/C19H29NO7S/c1-6-25-18(21)13-26-14-7-8-17-15(11-14)16(12-19(2,3)27-17)20(9-10-24-4)28(5,22)23/h7-8,11,16H,6,9-10,12-13H2,1-5H3. The zero-order valence-corrected chi connectivity index (χ0v) is 17.9. The summed E-state index contributed by atoms with van der Waals surface area (Å²) in [6, 6.07) is 4.71. The molecule has 0 aromatic heterocycles. The van der Waals surface area contributed by atoms with E-state index in [2.05, 4.69) is 0 Å². The Balaban J connectivity index is 2.37. The van der Waals surface area contributed by atoms with Gasteiger partial charge < -0.3 is 18.9 Å². The fraction of sp³-hybridized carbons (Fsp3) is 0.632. The Hall–Kier alpha value is -1.84. The van der Waals surface area contributed by atoms with Crippen LogP contribution in [0.4, 0.5) is 0 Å². The van der Waals surface area contributed by atoms with E-state index in [1.54, 1.807) is 25.1 Å². The molecular weight excluding hydrogens is 386 g/mol. The van der Waals surface area contributed by atoms with Gasteiger partial charge in [0.05, 0.1) is 25.5 Å². The molecule has 0 spiro atoms. The number of carbonyl (C=O) groups excluding carboxylic acids is 1. The molecule has 0 N–H and O–H groups in total. The van der Waals surface area contributed by atoms with Gasteiger partial charge in [0.15, 0.2) is 6.61 Å². The van der Waals surface area contributed by atoms with Crippen molar-refractivity contribution in [3.8, 4) is 11.5 Å². The third-order valence-electron chi connectivity index (χ3n) is 4.36. The second-order valence-corrected chi connectivity index (χ2v) is 9.18. The number of hydrogen-bond acceptors (Lipinski definition) is 7. The van der Waals surface area contributed by atoms with Crippen molar-refractivity contribution in [2.75, 3.05) is 39.7 Å². The van der Waals surface area contributed by atoms with Gasteiger partial charge in [0.25, 0.3) is 0 Å². The fourth-order valence-corrected chi connectivity index (χ4v) is 4.28. The van der Waals surface area contributed by atoms with Crippen LogP contribution in [0.2, 0.25) is 0 Å². The van der Waals surface area contributed by atoms with Crippen LogP contribution in [0.15, 0.2) is 18.2 Å². The average molecular weight is 416 g/mol. The van der Waals surface area contributed by atoms with E-state index in [0.29, 0.717) is 23.5 Å². The van der Waals surface area contributed by atoms with Crippen molar-refractivity contribution in [3.05, 3.63) is 23.8 Å². The number of fused-ring (bicyclic) bond motifs is 1. The molecule has 2 rings (SSSR count). The molecule has 1 atom stereocenters. The average Bonchev–Trinajstić information content (AvgIpc) is 2.58. The van der Waals surface area contributed by atoms with Gasteiger partial charge in [-0.3, -0.25) is 0 Å². The SMILES string of the molecule is CCOC(=O)COc1ccc2c(c1)C(N(CCOC)S(C)(=O)=O)CC(C)(C)O2. The molecule has 28 heavy (non-hydrogen) atoms. The second-order valence-electron chi connectivity index (χ2n) is 7.24. The summed E-state index contributed by atoms with van der Waals surface area (Å²) in [5, 5.41) is 0. The van der Waals surface area contributed by atoms with E-state index in [9.17, 15) is 13.2 Å². The first kappa shape index (κ1) is 22.4. The summed E-state index contributed by atoms with van der Waals surface area (Å²) >= 11 is 0. The van der Waals surface area contributed by atoms with Crippen molar-refractivity contribution >= 4 is 16.0 Å². The summed E-state index contributed by atoms with van der Waals surface area (Å²) in [7, 11) is -1.96. The number of carbonyl (C=O) groups is 1. The summed E-state index contributed by atoms with van der Waals surface area (Å²) in [4.78, 5) is 11.5. The quantitative estimate of drug-likeness (QED) is 0.571. The van der Waals surface area contributed by atoms with E-state index in [1.807, 2.05) is 13.8 Å². The van der Waals surface area contributed by atoms with Crippen LogP contribution in [0, 0.1) is 0 Å². The number of esters is 1. The number of hydrogen-bond donors (Lipinski definition) is 0. The minimum Gasteiger partial charge on any atom is -0.487 e. The van der Waals surface area contributed by atoms with Crippen molar-refractivity contribution in [1.29, 1.82) is 0 Å². The van der Waals surface area contributed by atoms with Crippen LogP contribution in [0.3, 0.4) is 0 Å². The largest absolute Gasteiger partial charge is 0.487 e. The number of ether oxygens (including phenoxy) is 4. The molecule has 1 aliphatic rings. The molecule has 0 bridgehead atoms. The molecule has 8 nitrogen and oxygen atoms in total. The van der Waals surface area contributed by atoms with Crippen LogP contribution in [0.1, 0.15) is 38.8 Å². The van der Waals surface area contributed by atoms with Crippen LogP contribution in [-0.2, 0) is 24.3 Å². The topological polar surface area (TPSA) is 91.4 Å². The number of benzene rings is 1. The maximum atomic E-state index is 12.5. The van der Waals surface area contributed by atoms with Crippen LogP contribution < -0.4 is 9.47 Å². The second kappa shape index (κ2) is 9.11. The summed E-state index contributed by atoms with van der Waals surface area (Å²) in [6.45, 7) is 6.13. The Kier molecular flexibility index (Phi) is 7.30. The Bertz CT molecular complexity index is 791. The summed E-state index contributed by atoms with van der Waals surface area (Å²) < 4.78 is 47.9. The van der Waals surface area contributed by atoms with Crippen LogP contribution >= 0.6 is 0 Å². The van der Waals surface area contributed by atoms with Crippen LogP contribution in [0.25, 0.3) is 0 Å². The van der Waals surface area contributed by atoms with E-state index in [1.165, 1.54) is 17.7 Å². The molecule has 9 heteroatoms. The first-order valence-electron chi connectivity index (χ1n) is 9.14. The highest BCUT2D eigenvalue weighted by Gasteiger charge is 2.40. The molecule has 0 amide bonds. The van der Waals surface area contributed by atoms with Crippen LogP contribution in [0.5, 0.6) is 11.5 Å². The summed E-state index contributed by atoms with van der Waals surface area (Å²) in [5.74, 6) is 0.572. The molecule has 1 aliphatic heterocycles. The van der Waals surface area contributed by atoms with Gasteiger partial charge in [-0.05, 0) is 39.0 Å². The lowest BCUT2D eigenvalue weighted by atomic mass is 9.89. The van der Waals surface area contributed by atoms with E-state index in [4.69, 9.17) is 18.9 Å². The molecule has 158 valence electrons. The third-order valence-corrected chi connectivity index (χ3v) is 5.65. The molecule has 0 saturated heterocycles. The van der Waals surface area contributed by atoms with E-state index < -0.39 is 27.6 Å². The highest BCUT2D eigenvalue weighted by molar-refractivity contribution is 7.88. The lowest BCUT2D eigenvalue weighted by molar-refractivity contribution is -0.145. The molecule has 0 aliphatic carbocycles. The zero-order valence-electron chi connectivity index (χ0n) is 17.1. The maximum Gasteiger partial charge on any atom is 0.344 e. The predicted molar refractivity (Wildman–Crippen MR) is 104 cm³/mol. The van der Waals surface area contributed by atoms with E-state index in [0.717, 1.165) is 0 Å². The highest BCUT2D eigenvalue weighted by atomic mass is 32.2. The first-order valence-corrected chi connectivity index (χ1v) is 11.0. The molecule has 1 heterocycles. The monoisotopic (exact) mass is 415 g/mol. The third kappa shape index (κ3) is 5.83. The number of nitrogens with zero attached hydrogens (tertiary/aromatic N) is 1. The summed E-state index contributed by atoms with van der Waals surface area (Å²) in [6.07, 6.45) is 1.66. The predicted octanol–water partition coefficient (Wildman–Crippen LogP) is 2.14. The molecule has 0 radical (unpaired) electrons. The van der Waals surface area contributed by atoms with Gasteiger partial charge in [-0.1, -0.05) is 0 Å². The minimum absolute atomic E-state index is 0.219. The van der Waals surface area contributed by atoms with Gasteiger partial charge in [-0.25, -0.2) is 13.2 Å². The van der Waals surface area contributed by atoms with Gasteiger partial charge in [-0.15, -0.1) is 0 Å². The maximum absolute atomic E-state index is 12.5. The number of sulfonamides is 1. The van der Waals surface area contributed by atoms with Gasteiger partial charge in [0.1, 0.15) is 17.1 Å². The Morgan fingerprint density at radius 1 is 1.36 bits per heavy atom. The number of methoxy groups -OCH3 is 1. The first-order chi connectivity index (χ1) is 13.1. The van der Waals surface area contributed by atoms with Crippen molar-refractivity contribution in [2.24, 2.45) is 0 Å². The summed E-state index contributed by atoms with van der Waals surface area (Å²) in [5.41, 5.74) is 0.156. The lowest BCUT2D eigenvalue weighted by Gasteiger charge is -2.41. The van der Waals surface area contributed by atoms with Gasteiger partial charge >= 0.3 is 5.97 Å². The highest BCUT2D eigenvalue weighted by Crippen LogP contribution is 2.44.